The van der Waals surface area contributed by atoms with E-state index < -0.39 is 0 Å². The first-order valence-electron chi connectivity index (χ1n) is 10.6. The predicted molar refractivity (Wildman–Crippen MR) is 105 cm³/mol. The van der Waals surface area contributed by atoms with Gasteiger partial charge in [0.15, 0.2) is 0 Å². The molecule has 1 unspecified atom stereocenters. The molecule has 0 aliphatic heterocycles. The number of quaternary nitrogens is 1. The summed E-state index contributed by atoms with van der Waals surface area (Å²) < 4.78 is 11.1. The summed E-state index contributed by atoms with van der Waals surface area (Å²) >= 11 is 0. The van der Waals surface area contributed by atoms with Crippen LogP contribution in [-0.4, -0.2) is 31.7 Å². The van der Waals surface area contributed by atoms with E-state index >= 15 is 0 Å². The van der Waals surface area contributed by atoms with Crippen molar-refractivity contribution in [3.8, 4) is 0 Å². The highest BCUT2D eigenvalue weighted by Gasteiger charge is 2.31. The normalized spacial score (nSPS) is 13.2. The van der Waals surface area contributed by atoms with Gasteiger partial charge in [0, 0.05) is 18.3 Å². The van der Waals surface area contributed by atoms with Gasteiger partial charge >= 0.3 is 11.9 Å². The first kappa shape index (κ1) is 24.9. The predicted octanol–water partition coefficient (Wildman–Crippen LogP) is 4.04. The standard InChI is InChI=1S/C21H41NO4/c1-4-7-10-13-19(23)25-17-21(6-3,15-8-5-2)18-26-20(24)14-11-9-12-16-22/h4-18,22H2,1-3H3/p+1. The summed E-state index contributed by atoms with van der Waals surface area (Å²) in [4.78, 5) is 24.0. The Kier molecular flexibility index (Phi) is 15.4. The van der Waals surface area contributed by atoms with Crippen LogP contribution in [-0.2, 0) is 19.1 Å². The van der Waals surface area contributed by atoms with Crippen molar-refractivity contribution in [1.82, 2.24) is 0 Å². The maximum atomic E-state index is 12.0. The third kappa shape index (κ3) is 12.3. The fraction of sp³-hybridized carbons (Fsp3) is 0.905. The molecule has 0 fully saturated rings. The van der Waals surface area contributed by atoms with Gasteiger partial charge in [0.2, 0.25) is 0 Å². The van der Waals surface area contributed by atoms with Gasteiger partial charge < -0.3 is 15.2 Å². The smallest absolute Gasteiger partial charge is 0.305 e. The highest BCUT2D eigenvalue weighted by atomic mass is 16.5. The van der Waals surface area contributed by atoms with Crippen LogP contribution in [0.3, 0.4) is 0 Å². The molecular formula is C21H42NO4+. The van der Waals surface area contributed by atoms with Crippen molar-refractivity contribution in [3.63, 3.8) is 0 Å². The highest BCUT2D eigenvalue weighted by molar-refractivity contribution is 5.69. The maximum Gasteiger partial charge on any atom is 0.305 e. The van der Waals surface area contributed by atoms with Crippen molar-refractivity contribution in [1.29, 1.82) is 0 Å². The van der Waals surface area contributed by atoms with Crippen molar-refractivity contribution in [2.24, 2.45) is 5.41 Å². The number of hydrogen-bond acceptors (Lipinski definition) is 4. The van der Waals surface area contributed by atoms with Gasteiger partial charge in [-0.3, -0.25) is 9.59 Å². The van der Waals surface area contributed by atoms with Crippen molar-refractivity contribution in [2.75, 3.05) is 19.8 Å². The fourth-order valence-corrected chi connectivity index (χ4v) is 2.87. The largest absolute Gasteiger partial charge is 0.465 e. The highest BCUT2D eigenvalue weighted by Crippen LogP contribution is 2.30. The van der Waals surface area contributed by atoms with E-state index in [0.29, 0.717) is 26.1 Å². The van der Waals surface area contributed by atoms with Crippen LogP contribution in [0.5, 0.6) is 0 Å². The van der Waals surface area contributed by atoms with Crippen LogP contribution in [0.25, 0.3) is 0 Å². The molecule has 0 aliphatic rings. The van der Waals surface area contributed by atoms with E-state index in [9.17, 15) is 9.59 Å². The summed E-state index contributed by atoms with van der Waals surface area (Å²) in [5.41, 5.74) is 3.56. The second-order valence-electron chi connectivity index (χ2n) is 7.40. The molecule has 0 amide bonds. The Morgan fingerprint density at radius 2 is 1.31 bits per heavy atom. The molecule has 0 rings (SSSR count). The molecule has 0 radical (unpaired) electrons. The van der Waals surface area contributed by atoms with Gasteiger partial charge in [-0.1, -0.05) is 46.5 Å². The average Bonchev–Trinajstić information content (AvgIpc) is 2.65. The minimum Gasteiger partial charge on any atom is -0.465 e. The molecule has 26 heavy (non-hydrogen) atoms. The van der Waals surface area contributed by atoms with Gasteiger partial charge in [-0.05, 0) is 38.5 Å². The van der Waals surface area contributed by atoms with E-state index in [-0.39, 0.29) is 17.4 Å². The number of unbranched alkanes of at least 4 members (excludes halogenated alkanes) is 5. The molecule has 3 N–H and O–H groups in total. The van der Waals surface area contributed by atoms with Crippen molar-refractivity contribution in [3.05, 3.63) is 0 Å². The SMILES string of the molecule is CCCCCC(=O)OCC(CC)(CCCC)COC(=O)CCCCC[NH3+]. The van der Waals surface area contributed by atoms with Crippen LogP contribution >= 0.6 is 0 Å². The lowest BCUT2D eigenvalue weighted by atomic mass is 9.81. The fourth-order valence-electron chi connectivity index (χ4n) is 2.87. The molecule has 0 bridgehead atoms. The number of hydrogen-bond donors (Lipinski definition) is 1. The Balaban J connectivity index is 4.46. The van der Waals surface area contributed by atoms with Crippen LogP contribution in [0.4, 0.5) is 0 Å². The molecule has 0 aromatic carbocycles. The van der Waals surface area contributed by atoms with Crippen molar-refractivity contribution >= 4 is 11.9 Å². The van der Waals surface area contributed by atoms with Crippen molar-refractivity contribution in [2.45, 2.75) is 97.8 Å². The Bertz CT molecular complexity index is 373. The molecule has 5 heteroatoms. The van der Waals surface area contributed by atoms with Crippen LogP contribution in [0.15, 0.2) is 0 Å². The summed E-state index contributed by atoms with van der Waals surface area (Å²) in [5.74, 6) is -0.273. The van der Waals surface area contributed by atoms with Gasteiger partial charge in [0.05, 0.1) is 6.54 Å². The van der Waals surface area contributed by atoms with Crippen molar-refractivity contribution < 1.29 is 24.8 Å². The second-order valence-corrected chi connectivity index (χ2v) is 7.40. The van der Waals surface area contributed by atoms with Gasteiger partial charge in [0.1, 0.15) is 13.2 Å². The molecule has 1 atom stereocenters. The number of esters is 2. The number of rotatable bonds is 17. The number of carbonyl (C=O) groups is 2. The zero-order valence-electron chi connectivity index (χ0n) is 17.4. The van der Waals surface area contributed by atoms with E-state index in [1.54, 1.807) is 0 Å². The van der Waals surface area contributed by atoms with E-state index in [4.69, 9.17) is 9.47 Å². The molecule has 5 nitrogen and oxygen atoms in total. The lowest BCUT2D eigenvalue weighted by Gasteiger charge is -2.31. The summed E-state index contributed by atoms with van der Waals surface area (Å²) in [7, 11) is 0. The zero-order valence-corrected chi connectivity index (χ0v) is 17.4. The molecule has 0 spiro atoms. The second kappa shape index (κ2) is 16.1. The van der Waals surface area contributed by atoms with Crippen LogP contribution in [0.1, 0.15) is 97.8 Å². The number of carbonyl (C=O) groups excluding carboxylic acids is 2. The van der Waals surface area contributed by atoms with Crippen LogP contribution in [0, 0.1) is 5.41 Å². The summed E-state index contributed by atoms with van der Waals surface area (Å²) in [6, 6.07) is 0. The monoisotopic (exact) mass is 372 g/mol. The maximum absolute atomic E-state index is 12.0. The third-order valence-electron chi connectivity index (χ3n) is 5.00. The van der Waals surface area contributed by atoms with E-state index in [1.807, 2.05) is 0 Å². The van der Waals surface area contributed by atoms with Gasteiger partial charge in [-0.15, -0.1) is 0 Å². The first-order valence-corrected chi connectivity index (χ1v) is 10.6. The van der Waals surface area contributed by atoms with Gasteiger partial charge in [-0.2, -0.15) is 0 Å². The molecule has 0 saturated heterocycles. The Hall–Kier alpha value is -1.10. The Labute approximate surface area is 160 Å². The lowest BCUT2D eigenvalue weighted by Crippen LogP contribution is -2.50. The van der Waals surface area contributed by atoms with E-state index in [2.05, 4.69) is 26.5 Å². The molecule has 154 valence electrons. The van der Waals surface area contributed by atoms with Crippen LogP contribution < -0.4 is 5.73 Å². The quantitative estimate of drug-likeness (QED) is 0.309. The Morgan fingerprint density at radius 3 is 1.77 bits per heavy atom. The summed E-state index contributed by atoms with van der Waals surface area (Å²) in [5, 5.41) is 0. The molecule has 0 saturated carbocycles. The average molecular weight is 373 g/mol. The van der Waals surface area contributed by atoms with E-state index in [1.165, 1.54) is 0 Å². The van der Waals surface area contributed by atoms with Crippen LogP contribution in [0.2, 0.25) is 0 Å². The molecule has 0 aliphatic carbocycles. The molecule has 0 heterocycles. The zero-order chi connectivity index (χ0) is 19.7. The minimum absolute atomic E-state index is 0.132. The van der Waals surface area contributed by atoms with E-state index in [0.717, 1.165) is 70.8 Å². The third-order valence-corrected chi connectivity index (χ3v) is 5.00. The Morgan fingerprint density at radius 1 is 0.769 bits per heavy atom. The molecule has 0 aromatic heterocycles. The molecule has 0 aromatic rings. The molecular weight excluding hydrogens is 330 g/mol. The summed E-state index contributed by atoms with van der Waals surface area (Å²) in [6.45, 7) is 7.96. The summed E-state index contributed by atoms with van der Waals surface area (Å²) in [6.07, 6.45) is 10.8. The minimum atomic E-state index is -0.251. The number of ether oxygens (including phenoxy) is 2. The lowest BCUT2D eigenvalue weighted by molar-refractivity contribution is -0.368. The van der Waals surface area contributed by atoms with Gasteiger partial charge in [-0.25, -0.2) is 0 Å². The van der Waals surface area contributed by atoms with Gasteiger partial charge in [0.25, 0.3) is 0 Å². The topological polar surface area (TPSA) is 80.2 Å². The first-order chi connectivity index (χ1) is 12.5.